The maximum atomic E-state index is 13.0. The number of hydrogen-bond donors (Lipinski definition) is 1. The minimum absolute atomic E-state index is 0.0938. The SMILES string of the molecule is O=C(Oc1ccccc1)c1cc2c3c(c1O)[C@@H]1C=CC[C@@H]1CN3C[C@H]1CC=C[C@H]21. The van der Waals surface area contributed by atoms with Gasteiger partial charge in [-0.3, -0.25) is 0 Å². The summed E-state index contributed by atoms with van der Waals surface area (Å²) in [6.07, 6.45) is 11.1. The molecule has 4 aliphatic rings. The van der Waals surface area contributed by atoms with Crippen LogP contribution in [0.3, 0.4) is 0 Å². The van der Waals surface area contributed by atoms with Crippen LogP contribution in [0.2, 0.25) is 0 Å². The highest BCUT2D eigenvalue weighted by atomic mass is 16.5. The van der Waals surface area contributed by atoms with Crippen LogP contribution in [0.4, 0.5) is 5.69 Å². The molecule has 2 aliphatic carbocycles. The number of carbonyl (C=O) groups excluding carboxylic acids is 1. The zero-order valence-corrected chi connectivity index (χ0v) is 16.1. The maximum Gasteiger partial charge on any atom is 0.347 e. The first-order valence-corrected chi connectivity index (χ1v) is 10.5. The van der Waals surface area contributed by atoms with Crippen molar-refractivity contribution in [2.75, 3.05) is 18.0 Å². The summed E-state index contributed by atoms with van der Waals surface area (Å²) in [5.74, 6) is 1.58. The Kier molecular flexibility index (Phi) is 3.64. The van der Waals surface area contributed by atoms with Gasteiger partial charge in [-0.25, -0.2) is 4.79 Å². The van der Waals surface area contributed by atoms with Gasteiger partial charge in [-0.1, -0.05) is 42.5 Å². The highest BCUT2D eigenvalue weighted by Gasteiger charge is 2.44. The van der Waals surface area contributed by atoms with E-state index < -0.39 is 5.97 Å². The lowest BCUT2D eigenvalue weighted by Crippen LogP contribution is -2.44. The lowest BCUT2D eigenvalue weighted by Gasteiger charge is -2.46. The van der Waals surface area contributed by atoms with E-state index in [1.54, 1.807) is 12.1 Å². The summed E-state index contributed by atoms with van der Waals surface area (Å²) >= 11 is 0. The first kappa shape index (κ1) is 16.9. The van der Waals surface area contributed by atoms with Gasteiger partial charge in [0.05, 0.1) is 0 Å². The normalized spacial score (nSPS) is 28.1. The van der Waals surface area contributed by atoms with Crippen LogP contribution < -0.4 is 9.64 Å². The molecular weight excluding hydrogens is 362 g/mol. The van der Waals surface area contributed by atoms with E-state index in [2.05, 4.69) is 29.2 Å². The fourth-order valence-corrected chi connectivity index (χ4v) is 5.73. The first-order valence-electron chi connectivity index (χ1n) is 10.5. The average Bonchev–Trinajstić information content (AvgIpc) is 3.39. The van der Waals surface area contributed by atoms with Crippen LogP contribution in [0.1, 0.15) is 46.2 Å². The Morgan fingerprint density at radius 3 is 2.45 bits per heavy atom. The fraction of sp³-hybridized carbons (Fsp3) is 0.320. The summed E-state index contributed by atoms with van der Waals surface area (Å²) < 4.78 is 5.59. The van der Waals surface area contributed by atoms with Crippen molar-refractivity contribution in [3.8, 4) is 11.5 Å². The van der Waals surface area contributed by atoms with E-state index in [0.717, 1.165) is 37.2 Å². The van der Waals surface area contributed by atoms with Crippen LogP contribution in [0.15, 0.2) is 60.7 Å². The molecule has 4 atom stereocenters. The van der Waals surface area contributed by atoms with Crippen molar-refractivity contribution < 1.29 is 14.6 Å². The van der Waals surface area contributed by atoms with Gasteiger partial charge in [0.2, 0.25) is 0 Å². The molecule has 0 unspecified atom stereocenters. The van der Waals surface area contributed by atoms with Gasteiger partial charge in [0, 0.05) is 36.2 Å². The van der Waals surface area contributed by atoms with E-state index in [1.807, 2.05) is 24.3 Å². The summed E-state index contributed by atoms with van der Waals surface area (Å²) in [5, 5.41) is 11.3. The van der Waals surface area contributed by atoms with Crippen LogP contribution in [0.5, 0.6) is 11.5 Å². The number of carbonyl (C=O) groups is 1. The maximum absolute atomic E-state index is 13.0. The quantitative estimate of drug-likeness (QED) is 0.460. The molecule has 2 heterocycles. The average molecular weight is 385 g/mol. The van der Waals surface area contributed by atoms with E-state index in [1.165, 1.54) is 5.56 Å². The van der Waals surface area contributed by atoms with Gasteiger partial charge < -0.3 is 14.7 Å². The molecule has 2 aromatic carbocycles. The van der Waals surface area contributed by atoms with Crippen LogP contribution in [0.25, 0.3) is 0 Å². The predicted octanol–water partition coefficient (Wildman–Crippen LogP) is 4.76. The van der Waals surface area contributed by atoms with Gasteiger partial charge in [-0.2, -0.15) is 0 Å². The van der Waals surface area contributed by atoms with Gasteiger partial charge in [0.15, 0.2) is 0 Å². The molecule has 0 bridgehead atoms. The third kappa shape index (κ3) is 2.48. The standard InChI is InChI=1S/C25H23NO3/c27-24-21(25(28)29-17-8-2-1-3-9-17)12-20-18-10-4-6-15(18)13-26-14-16-7-5-11-19(16)22(24)23(20)26/h1-5,8-12,15-16,18-19,27H,6-7,13-14H2/t15-,16-,18+,19-/m1/s1. The number of phenolic OH excluding ortho intramolecular Hbond substituents is 1. The van der Waals surface area contributed by atoms with Crippen LogP contribution >= 0.6 is 0 Å². The third-order valence-electron chi connectivity index (χ3n) is 7.01. The van der Waals surface area contributed by atoms with Gasteiger partial charge in [0.1, 0.15) is 17.1 Å². The Balaban J connectivity index is 1.51. The Labute approximate surface area is 170 Å². The molecule has 0 radical (unpaired) electrons. The van der Waals surface area contributed by atoms with Crippen molar-refractivity contribution >= 4 is 11.7 Å². The number of hydrogen-bond acceptors (Lipinski definition) is 4. The molecule has 0 amide bonds. The molecule has 2 aromatic rings. The molecule has 0 saturated carbocycles. The summed E-state index contributed by atoms with van der Waals surface area (Å²) in [4.78, 5) is 15.5. The monoisotopic (exact) mass is 385 g/mol. The predicted molar refractivity (Wildman–Crippen MR) is 112 cm³/mol. The zero-order valence-electron chi connectivity index (χ0n) is 16.1. The molecule has 29 heavy (non-hydrogen) atoms. The van der Waals surface area contributed by atoms with Crippen LogP contribution in [0, 0.1) is 11.8 Å². The molecule has 2 aliphatic heterocycles. The minimum atomic E-state index is -0.493. The van der Waals surface area contributed by atoms with Gasteiger partial charge in [-0.15, -0.1) is 0 Å². The van der Waals surface area contributed by atoms with Gasteiger partial charge in [-0.05, 0) is 48.4 Å². The number of esters is 1. The van der Waals surface area contributed by atoms with Gasteiger partial charge >= 0.3 is 5.97 Å². The highest BCUT2D eigenvalue weighted by molar-refractivity contribution is 5.96. The van der Waals surface area contributed by atoms with Crippen molar-refractivity contribution in [1.82, 2.24) is 0 Å². The number of rotatable bonds is 2. The number of aromatic hydroxyl groups is 1. The van der Waals surface area contributed by atoms with Crippen molar-refractivity contribution in [3.63, 3.8) is 0 Å². The number of fused-ring (bicyclic) bond motifs is 4. The second-order valence-corrected chi connectivity index (χ2v) is 8.63. The second kappa shape index (κ2) is 6.24. The van der Waals surface area contributed by atoms with E-state index >= 15 is 0 Å². The molecular formula is C25H23NO3. The highest BCUT2D eigenvalue weighted by Crippen LogP contribution is 2.56. The number of anilines is 1. The Morgan fingerprint density at radius 2 is 1.69 bits per heavy atom. The zero-order chi connectivity index (χ0) is 19.5. The number of benzene rings is 2. The lowest BCUT2D eigenvalue weighted by molar-refractivity contribution is 0.0731. The molecule has 1 N–H and O–H groups in total. The molecule has 0 spiro atoms. The molecule has 0 aromatic heterocycles. The van der Waals surface area contributed by atoms with Crippen molar-refractivity contribution in [1.29, 1.82) is 0 Å². The van der Waals surface area contributed by atoms with Crippen molar-refractivity contribution in [3.05, 3.63) is 77.4 Å². The first-order chi connectivity index (χ1) is 14.2. The number of phenols is 1. The Hall–Kier alpha value is -3.01. The van der Waals surface area contributed by atoms with Crippen LogP contribution in [-0.2, 0) is 0 Å². The van der Waals surface area contributed by atoms with Crippen molar-refractivity contribution in [2.24, 2.45) is 11.8 Å². The molecule has 4 heteroatoms. The Bertz CT molecular complexity index is 1050. The summed E-state index contributed by atoms with van der Waals surface area (Å²) in [6.45, 7) is 2.04. The molecule has 4 nitrogen and oxygen atoms in total. The van der Waals surface area contributed by atoms with E-state index in [0.29, 0.717) is 23.5 Å². The number of allylic oxidation sites excluding steroid dienone is 4. The summed E-state index contributed by atoms with van der Waals surface area (Å²) in [5.41, 5.74) is 3.52. The van der Waals surface area contributed by atoms with Crippen LogP contribution in [-0.4, -0.2) is 24.2 Å². The topological polar surface area (TPSA) is 49.8 Å². The third-order valence-corrected chi connectivity index (χ3v) is 7.01. The smallest absolute Gasteiger partial charge is 0.347 e. The van der Waals surface area contributed by atoms with E-state index in [-0.39, 0.29) is 17.2 Å². The van der Waals surface area contributed by atoms with Crippen molar-refractivity contribution in [2.45, 2.75) is 24.7 Å². The fourth-order valence-electron chi connectivity index (χ4n) is 5.73. The molecule has 0 saturated heterocycles. The molecule has 6 rings (SSSR count). The van der Waals surface area contributed by atoms with E-state index in [9.17, 15) is 9.90 Å². The molecule has 146 valence electrons. The van der Waals surface area contributed by atoms with Gasteiger partial charge in [0.25, 0.3) is 0 Å². The number of para-hydroxylation sites is 1. The largest absolute Gasteiger partial charge is 0.507 e. The lowest BCUT2D eigenvalue weighted by atomic mass is 9.74. The number of ether oxygens (including phenoxy) is 1. The molecule has 0 fully saturated rings. The Morgan fingerprint density at radius 1 is 1.00 bits per heavy atom. The minimum Gasteiger partial charge on any atom is -0.507 e. The summed E-state index contributed by atoms with van der Waals surface area (Å²) in [6, 6.07) is 10.9. The summed E-state index contributed by atoms with van der Waals surface area (Å²) in [7, 11) is 0. The second-order valence-electron chi connectivity index (χ2n) is 8.63. The number of nitrogens with zero attached hydrogens (tertiary/aromatic N) is 1. The van der Waals surface area contributed by atoms with E-state index in [4.69, 9.17) is 4.74 Å².